The molecular weight excluding hydrogens is 252 g/mol. The van der Waals surface area contributed by atoms with Crippen LogP contribution in [-0.4, -0.2) is 48.5 Å². The average molecular weight is 280 g/mol. The van der Waals surface area contributed by atoms with Gasteiger partial charge in [-0.2, -0.15) is 5.10 Å². The summed E-state index contributed by atoms with van der Waals surface area (Å²) in [6.07, 6.45) is 2.41. The van der Waals surface area contributed by atoms with Gasteiger partial charge in [-0.05, 0) is 52.4 Å². The quantitative estimate of drug-likeness (QED) is 0.806. The molecule has 1 aliphatic rings. The normalized spacial score (nSPS) is 23.4. The predicted molar refractivity (Wildman–Crippen MR) is 81.1 cm³/mol. The summed E-state index contributed by atoms with van der Waals surface area (Å²) in [7, 11) is 5.89. The number of nitrogens with one attached hydrogen (secondary N) is 1. The summed E-state index contributed by atoms with van der Waals surface area (Å²) in [6.45, 7) is 7.59. The molecule has 0 spiro atoms. The fraction of sp³-hybridized carbons (Fsp3) is 0.800. The molecule has 114 valence electrons. The van der Waals surface area contributed by atoms with Crippen LogP contribution in [0.1, 0.15) is 37.1 Å². The number of hydrogen-bond donors (Lipinski definition) is 1. The molecule has 1 saturated heterocycles. The summed E-state index contributed by atoms with van der Waals surface area (Å²) in [5.74, 6) is 1.53. The van der Waals surface area contributed by atoms with Gasteiger partial charge in [0.1, 0.15) is 0 Å². The highest BCUT2D eigenvalue weighted by molar-refractivity contribution is 5.35. The maximum Gasteiger partial charge on any atom is 0.216 e. The van der Waals surface area contributed by atoms with Crippen LogP contribution >= 0.6 is 0 Å². The monoisotopic (exact) mass is 280 g/mol. The highest BCUT2D eigenvalue weighted by atomic mass is 16.5. The first-order valence-corrected chi connectivity index (χ1v) is 7.58. The van der Waals surface area contributed by atoms with Gasteiger partial charge in [0.15, 0.2) is 0 Å². The third kappa shape index (κ3) is 2.83. The zero-order chi connectivity index (χ0) is 14.7. The van der Waals surface area contributed by atoms with Gasteiger partial charge in [0.25, 0.3) is 0 Å². The molecule has 2 rings (SSSR count). The minimum atomic E-state index is 0.406. The first kappa shape index (κ1) is 15.3. The molecule has 5 heteroatoms. The Morgan fingerprint density at radius 1 is 1.40 bits per heavy atom. The molecule has 2 unspecified atom stereocenters. The lowest BCUT2D eigenvalue weighted by atomic mass is 9.93. The molecule has 20 heavy (non-hydrogen) atoms. The second kappa shape index (κ2) is 6.59. The SMILES string of the molecule is CCCNCC1CCN(C)C1c1c(C)nn(C)c1OC. The standard InChI is InChI=1S/C15H28N4O/c1-6-8-16-10-12-7-9-18(3)14(12)13-11(2)17-19(4)15(13)20-5/h12,14,16H,6-10H2,1-5H3. The topological polar surface area (TPSA) is 42.3 Å². The molecule has 2 atom stereocenters. The van der Waals surface area contributed by atoms with Crippen molar-refractivity contribution in [1.29, 1.82) is 0 Å². The van der Waals surface area contributed by atoms with E-state index in [1.807, 2.05) is 11.7 Å². The van der Waals surface area contributed by atoms with E-state index in [4.69, 9.17) is 4.74 Å². The van der Waals surface area contributed by atoms with Crippen molar-refractivity contribution in [3.05, 3.63) is 11.3 Å². The highest BCUT2D eigenvalue weighted by Gasteiger charge is 2.37. The van der Waals surface area contributed by atoms with E-state index in [0.717, 1.165) is 31.2 Å². The van der Waals surface area contributed by atoms with E-state index in [2.05, 4.69) is 36.2 Å². The Bertz CT molecular complexity index is 443. The molecule has 2 heterocycles. The Balaban J connectivity index is 2.23. The molecule has 1 fully saturated rings. The lowest BCUT2D eigenvalue weighted by Gasteiger charge is -2.26. The smallest absolute Gasteiger partial charge is 0.216 e. The highest BCUT2D eigenvalue weighted by Crippen LogP contribution is 2.41. The van der Waals surface area contributed by atoms with E-state index in [1.54, 1.807) is 7.11 Å². The Labute approximate surface area is 122 Å². The number of rotatable bonds is 6. The first-order chi connectivity index (χ1) is 9.60. The number of nitrogens with zero attached hydrogens (tertiary/aromatic N) is 3. The van der Waals surface area contributed by atoms with Crippen molar-refractivity contribution < 1.29 is 4.74 Å². The zero-order valence-electron chi connectivity index (χ0n) is 13.4. The van der Waals surface area contributed by atoms with Crippen LogP contribution in [0.25, 0.3) is 0 Å². The van der Waals surface area contributed by atoms with Crippen LogP contribution in [0.3, 0.4) is 0 Å². The van der Waals surface area contributed by atoms with Gasteiger partial charge in [-0.15, -0.1) is 0 Å². The van der Waals surface area contributed by atoms with Crippen LogP contribution in [-0.2, 0) is 7.05 Å². The van der Waals surface area contributed by atoms with Gasteiger partial charge in [0.05, 0.1) is 18.4 Å². The summed E-state index contributed by atoms with van der Waals surface area (Å²) in [5, 5.41) is 8.10. The molecule has 0 aromatic carbocycles. The van der Waals surface area contributed by atoms with Crippen molar-refractivity contribution in [3.63, 3.8) is 0 Å². The van der Waals surface area contributed by atoms with E-state index in [0.29, 0.717) is 12.0 Å². The Morgan fingerprint density at radius 3 is 2.80 bits per heavy atom. The number of ether oxygens (including phenoxy) is 1. The second-order valence-corrected chi connectivity index (χ2v) is 5.81. The largest absolute Gasteiger partial charge is 0.481 e. The van der Waals surface area contributed by atoms with Crippen LogP contribution in [0.2, 0.25) is 0 Å². The molecule has 0 saturated carbocycles. The molecule has 1 aromatic heterocycles. The van der Waals surface area contributed by atoms with Crippen LogP contribution in [0, 0.1) is 12.8 Å². The number of likely N-dealkylation sites (tertiary alicyclic amines) is 1. The average Bonchev–Trinajstić information content (AvgIpc) is 2.89. The minimum absolute atomic E-state index is 0.406. The maximum absolute atomic E-state index is 5.59. The van der Waals surface area contributed by atoms with E-state index in [-0.39, 0.29) is 0 Å². The van der Waals surface area contributed by atoms with Crippen molar-refractivity contribution >= 4 is 0 Å². The van der Waals surface area contributed by atoms with Crippen LogP contribution in [0.4, 0.5) is 0 Å². The summed E-state index contributed by atoms with van der Waals surface area (Å²) in [5.41, 5.74) is 2.35. The Kier molecular flexibility index (Phi) is 5.05. The van der Waals surface area contributed by atoms with Gasteiger partial charge in [0.2, 0.25) is 5.88 Å². The number of methoxy groups -OCH3 is 1. The molecule has 5 nitrogen and oxygen atoms in total. The summed E-state index contributed by atoms with van der Waals surface area (Å²) in [6, 6.07) is 0.406. The van der Waals surface area contributed by atoms with Gasteiger partial charge in [-0.3, -0.25) is 4.90 Å². The van der Waals surface area contributed by atoms with Gasteiger partial charge in [-0.25, -0.2) is 4.68 Å². The number of aromatic nitrogens is 2. The van der Waals surface area contributed by atoms with Crippen molar-refractivity contribution in [2.75, 3.05) is 33.8 Å². The molecule has 0 amide bonds. The van der Waals surface area contributed by atoms with E-state index in [1.165, 1.54) is 18.4 Å². The predicted octanol–water partition coefficient (Wildman–Crippen LogP) is 1.73. The summed E-state index contributed by atoms with van der Waals surface area (Å²) < 4.78 is 7.44. The molecule has 1 aromatic rings. The van der Waals surface area contributed by atoms with Crippen molar-refractivity contribution in [3.8, 4) is 5.88 Å². The lowest BCUT2D eigenvalue weighted by molar-refractivity contribution is 0.260. The minimum Gasteiger partial charge on any atom is -0.481 e. The maximum atomic E-state index is 5.59. The van der Waals surface area contributed by atoms with Crippen molar-refractivity contribution in [2.45, 2.75) is 32.7 Å². The Hall–Kier alpha value is -1.07. The second-order valence-electron chi connectivity index (χ2n) is 5.81. The zero-order valence-corrected chi connectivity index (χ0v) is 13.4. The molecule has 0 aliphatic carbocycles. The fourth-order valence-electron chi connectivity index (χ4n) is 3.40. The molecule has 0 radical (unpaired) electrons. The van der Waals surface area contributed by atoms with Gasteiger partial charge < -0.3 is 10.1 Å². The Morgan fingerprint density at radius 2 is 2.15 bits per heavy atom. The van der Waals surface area contributed by atoms with E-state index >= 15 is 0 Å². The van der Waals surface area contributed by atoms with E-state index in [9.17, 15) is 0 Å². The van der Waals surface area contributed by atoms with Gasteiger partial charge >= 0.3 is 0 Å². The van der Waals surface area contributed by atoms with Crippen LogP contribution in [0.5, 0.6) is 5.88 Å². The third-order valence-corrected chi connectivity index (χ3v) is 4.31. The third-order valence-electron chi connectivity index (χ3n) is 4.31. The fourth-order valence-corrected chi connectivity index (χ4v) is 3.40. The van der Waals surface area contributed by atoms with Gasteiger partial charge in [-0.1, -0.05) is 6.92 Å². The molecule has 0 bridgehead atoms. The molecule has 1 aliphatic heterocycles. The van der Waals surface area contributed by atoms with Crippen molar-refractivity contribution in [2.24, 2.45) is 13.0 Å². The van der Waals surface area contributed by atoms with Gasteiger partial charge in [0, 0.05) is 13.1 Å². The van der Waals surface area contributed by atoms with E-state index < -0.39 is 0 Å². The molecule has 1 N–H and O–H groups in total. The molecular formula is C15H28N4O. The summed E-state index contributed by atoms with van der Waals surface area (Å²) in [4.78, 5) is 2.44. The summed E-state index contributed by atoms with van der Waals surface area (Å²) >= 11 is 0. The number of aryl methyl sites for hydroxylation is 2. The van der Waals surface area contributed by atoms with Crippen LogP contribution < -0.4 is 10.1 Å². The van der Waals surface area contributed by atoms with Crippen LogP contribution in [0.15, 0.2) is 0 Å². The lowest BCUT2D eigenvalue weighted by Crippen LogP contribution is -2.29. The van der Waals surface area contributed by atoms with Crippen molar-refractivity contribution in [1.82, 2.24) is 20.0 Å². The first-order valence-electron chi connectivity index (χ1n) is 7.58. The number of hydrogen-bond acceptors (Lipinski definition) is 4.